The van der Waals surface area contributed by atoms with Gasteiger partial charge in [-0.25, -0.2) is 4.39 Å². The van der Waals surface area contributed by atoms with E-state index in [9.17, 15) is 4.39 Å². The molecule has 0 spiro atoms. The second kappa shape index (κ2) is 7.31. The normalized spacial score (nSPS) is 12.6. The highest BCUT2D eigenvalue weighted by Gasteiger charge is 2.12. The van der Waals surface area contributed by atoms with Crippen molar-refractivity contribution in [3.05, 3.63) is 35.5 Å². The highest BCUT2D eigenvalue weighted by molar-refractivity contribution is 5.54. The summed E-state index contributed by atoms with van der Waals surface area (Å²) in [5.74, 6) is 1.37. The monoisotopic (exact) mass is 291 g/mol. The van der Waals surface area contributed by atoms with Gasteiger partial charge in [0.2, 0.25) is 11.7 Å². The second-order valence-corrected chi connectivity index (χ2v) is 5.37. The Morgan fingerprint density at radius 1 is 1.33 bits per heavy atom. The van der Waals surface area contributed by atoms with Crippen molar-refractivity contribution in [2.75, 3.05) is 6.54 Å². The largest absolute Gasteiger partial charge is 0.339 e. The average Bonchev–Trinajstić information content (AvgIpc) is 2.95. The molecular weight excluding hydrogens is 269 g/mol. The summed E-state index contributed by atoms with van der Waals surface area (Å²) >= 11 is 0. The summed E-state index contributed by atoms with van der Waals surface area (Å²) < 4.78 is 18.8. The zero-order valence-electron chi connectivity index (χ0n) is 12.6. The predicted octanol–water partition coefficient (Wildman–Crippen LogP) is 3.49. The fourth-order valence-electron chi connectivity index (χ4n) is 2.32. The fraction of sp³-hybridized carbons (Fsp3) is 0.500. The van der Waals surface area contributed by atoms with Gasteiger partial charge in [-0.3, -0.25) is 0 Å². The van der Waals surface area contributed by atoms with Gasteiger partial charge in [0.1, 0.15) is 5.82 Å². The van der Waals surface area contributed by atoms with Gasteiger partial charge >= 0.3 is 0 Å². The number of hydrogen-bond acceptors (Lipinski definition) is 4. The molecule has 0 aliphatic rings. The number of benzene rings is 1. The summed E-state index contributed by atoms with van der Waals surface area (Å²) in [4.78, 5) is 4.34. The van der Waals surface area contributed by atoms with E-state index in [0.717, 1.165) is 25.7 Å². The van der Waals surface area contributed by atoms with Crippen LogP contribution >= 0.6 is 0 Å². The number of aromatic nitrogens is 2. The molecule has 4 nitrogen and oxygen atoms in total. The first-order valence-corrected chi connectivity index (χ1v) is 7.43. The predicted molar refractivity (Wildman–Crippen MR) is 80.2 cm³/mol. The molecular formula is C16H22FN3O. The van der Waals surface area contributed by atoms with Crippen LogP contribution in [0.5, 0.6) is 0 Å². The van der Waals surface area contributed by atoms with Crippen LogP contribution < -0.4 is 5.73 Å². The Labute approximate surface area is 124 Å². The molecule has 5 heteroatoms. The van der Waals surface area contributed by atoms with Gasteiger partial charge in [-0.05, 0) is 43.9 Å². The van der Waals surface area contributed by atoms with Gasteiger partial charge in [0, 0.05) is 12.0 Å². The van der Waals surface area contributed by atoms with Gasteiger partial charge < -0.3 is 10.3 Å². The Morgan fingerprint density at radius 3 is 2.81 bits per heavy atom. The molecule has 0 aliphatic carbocycles. The van der Waals surface area contributed by atoms with Gasteiger partial charge in [-0.15, -0.1) is 0 Å². The fourth-order valence-corrected chi connectivity index (χ4v) is 2.32. The smallest absolute Gasteiger partial charge is 0.226 e. The minimum absolute atomic E-state index is 0.257. The van der Waals surface area contributed by atoms with Gasteiger partial charge in [0.25, 0.3) is 0 Å². The third-order valence-corrected chi connectivity index (χ3v) is 3.82. The standard InChI is InChI=1S/C16H22FN3O/c1-3-12(8-9-18)5-7-15-19-16(20-21-15)13-6-4-11(2)14(17)10-13/h4,6,10,12H,3,5,7-9,18H2,1-2H3. The van der Waals surface area contributed by atoms with Crippen molar-refractivity contribution in [1.29, 1.82) is 0 Å². The highest BCUT2D eigenvalue weighted by atomic mass is 19.1. The molecule has 0 aliphatic heterocycles. The lowest BCUT2D eigenvalue weighted by Crippen LogP contribution is -2.09. The van der Waals surface area contributed by atoms with Crippen LogP contribution in [0.2, 0.25) is 0 Å². The van der Waals surface area contributed by atoms with E-state index >= 15 is 0 Å². The topological polar surface area (TPSA) is 64.9 Å². The molecule has 114 valence electrons. The summed E-state index contributed by atoms with van der Waals surface area (Å²) in [5, 5.41) is 3.93. The maximum atomic E-state index is 13.6. The first-order valence-electron chi connectivity index (χ1n) is 7.43. The lowest BCUT2D eigenvalue weighted by molar-refractivity contribution is 0.354. The molecule has 1 atom stereocenters. The molecule has 1 unspecified atom stereocenters. The van der Waals surface area contributed by atoms with Crippen molar-refractivity contribution in [3.63, 3.8) is 0 Å². The average molecular weight is 291 g/mol. The molecule has 2 aromatic rings. The van der Waals surface area contributed by atoms with Gasteiger partial charge in [0.15, 0.2) is 0 Å². The summed E-state index contributed by atoms with van der Waals surface area (Å²) in [6.45, 7) is 4.59. The number of halogens is 1. The molecule has 0 saturated heterocycles. The Kier molecular flexibility index (Phi) is 5.44. The van der Waals surface area contributed by atoms with Gasteiger partial charge in [0.05, 0.1) is 0 Å². The van der Waals surface area contributed by atoms with E-state index in [1.165, 1.54) is 6.07 Å². The Bertz CT molecular complexity index is 583. The second-order valence-electron chi connectivity index (χ2n) is 5.37. The number of nitrogens with two attached hydrogens (primary N) is 1. The van der Waals surface area contributed by atoms with Gasteiger partial charge in [-0.1, -0.05) is 30.6 Å². The third-order valence-electron chi connectivity index (χ3n) is 3.82. The van der Waals surface area contributed by atoms with E-state index in [4.69, 9.17) is 10.3 Å². The quantitative estimate of drug-likeness (QED) is 0.848. The van der Waals surface area contributed by atoms with Crippen molar-refractivity contribution in [1.82, 2.24) is 10.1 Å². The first-order chi connectivity index (χ1) is 10.1. The SMILES string of the molecule is CCC(CCN)CCc1nc(-c2ccc(C)c(F)c2)no1. The lowest BCUT2D eigenvalue weighted by Gasteiger charge is -2.11. The van der Waals surface area contributed by atoms with E-state index in [2.05, 4.69) is 17.1 Å². The zero-order valence-corrected chi connectivity index (χ0v) is 12.6. The number of hydrogen-bond donors (Lipinski definition) is 1. The number of aryl methyl sites for hydroxylation is 2. The minimum Gasteiger partial charge on any atom is -0.339 e. The Balaban J connectivity index is 2.02. The van der Waals surface area contributed by atoms with Crippen LogP contribution in [0.15, 0.2) is 22.7 Å². The zero-order chi connectivity index (χ0) is 15.2. The minimum atomic E-state index is -0.257. The molecule has 0 saturated carbocycles. The lowest BCUT2D eigenvalue weighted by atomic mass is 9.97. The van der Waals surface area contributed by atoms with E-state index in [1.54, 1.807) is 19.1 Å². The molecule has 21 heavy (non-hydrogen) atoms. The van der Waals surface area contributed by atoms with Crippen LogP contribution in [0.25, 0.3) is 11.4 Å². The molecule has 1 heterocycles. The number of rotatable bonds is 7. The Morgan fingerprint density at radius 2 is 2.14 bits per heavy atom. The van der Waals surface area contributed by atoms with Crippen molar-refractivity contribution in [2.45, 2.75) is 39.5 Å². The van der Waals surface area contributed by atoms with Crippen LogP contribution in [0.4, 0.5) is 4.39 Å². The van der Waals surface area contributed by atoms with Crippen molar-refractivity contribution in [3.8, 4) is 11.4 Å². The van der Waals surface area contributed by atoms with E-state index in [0.29, 0.717) is 35.3 Å². The summed E-state index contributed by atoms with van der Waals surface area (Å²) in [6, 6.07) is 4.96. The van der Waals surface area contributed by atoms with Crippen molar-refractivity contribution < 1.29 is 8.91 Å². The molecule has 0 fully saturated rings. The van der Waals surface area contributed by atoms with Crippen molar-refractivity contribution in [2.24, 2.45) is 11.7 Å². The van der Waals surface area contributed by atoms with E-state index < -0.39 is 0 Å². The number of nitrogens with zero attached hydrogens (tertiary/aromatic N) is 2. The highest BCUT2D eigenvalue weighted by Crippen LogP contribution is 2.20. The summed E-state index contributed by atoms with van der Waals surface area (Å²) in [6.07, 6.45) is 3.83. The molecule has 1 aromatic carbocycles. The third kappa shape index (κ3) is 4.11. The summed E-state index contributed by atoms with van der Waals surface area (Å²) in [5.41, 5.74) is 6.84. The molecule has 0 bridgehead atoms. The van der Waals surface area contributed by atoms with Crippen LogP contribution in [0.3, 0.4) is 0 Å². The van der Waals surface area contributed by atoms with Crippen LogP contribution in [0.1, 0.15) is 37.6 Å². The molecule has 0 amide bonds. The molecule has 2 rings (SSSR count). The molecule has 1 aromatic heterocycles. The summed E-state index contributed by atoms with van der Waals surface area (Å²) in [7, 11) is 0. The van der Waals surface area contributed by atoms with E-state index in [-0.39, 0.29) is 5.82 Å². The molecule has 0 radical (unpaired) electrons. The maximum absolute atomic E-state index is 13.6. The van der Waals surface area contributed by atoms with Crippen LogP contribution in [-0.4, -0.2) is 16.7 Å². The van der Waals surface area contributed by atoms with Crippen LogP contribution in [0, 0.1) is 18.7 Å². The van der Waals surface area contributed by atoms with Crippen LogP contribution in [-0.2, 0) is 6.42 Å². The van der Waals surface area contributed by atoms with Gasteiger partial charge in [-0.2, -0.15) is 4.98 Å². The first kappa shape index (κ1) is 15.6. The molecule has 2 N–H and O–H groups in total. The maximum Gasteiger partial charge on any atom is 0.226 e. The Hall–Kier alpha value is -1.75. The van der Waals surface area contributed by atoms with Crippen molar-refractivity contribution >= 4 is 0 Å². The van der Waals surface area contributed by atoms with E-state index in [1.807, 2.05) is 0 Å².